The Labute approximate surface area is 82.7 Å². The number of carbonyl (C=O) groups is 1. The van der Waals surface area contributed by atoms with E-state index in [4.69, 9.17) is 5.73 Å². The molecule has 0 aromatic heterocycles. The zero-order chi connectivity index (χ0) is 11.6. The van der Waals surface area contributed by atoms with E-state index in [0.717, 1.165) is 12.1 Å². The van der Waals surface area contributed by atoms with E-state index >= 15 is 0 Å². The van der Waals surface area contributed by atoms with Gasteiger partial charge in [-0.2, -0.15) is 13.2 Å². The highest BCUT2D eigenvalue weighted by Gasteiger charge is 2.36. The van der Waals surface area contributed by atoms with Crippen molar-refractivity contribution in [1.29, 1.82) is 0 Å². The SMILES string of the molecule is NCC(=O)c1c(F)cccc1C(F)(F)F. The monoisotopic (exact) mass is 221 g/mol. The number of rotatable bonds is 2. The summed E-state index contributed by atoms with van der Waals surface area (Å²) in [7, 11) is 0. The summed E-state index contributed by atoms with van der Waals surface area (Å²) in [6, 6.07) is 2.33. The predicted octanol–water partition coefficient (Wildman–Crippen LogP) is 1.99. The summed E-state index contributed by atoms with van der Waals surface area (Å²) in [5, 5.41) is 0. The van der Waals surface area contributed by atoms with Crippen molar-refractivity contribution in [3.63, 3.8) is 0 Å². The lowest BCUT2D eigenvalue weighted by Crippen LogP contribution is -2.20. The van der Waals surface area contributed by atoms with E-state index in [1.54, 1.807) is 0 Å². The van der Waals surface area contributed by atoms with Crippen molar-refractivity contribution in [2.75, 3.05) is 6.54 Å². The molecule has 2 N–H and O–H groups in total. The van der Waals surface area contributed by atoms with Gasteiger partial charge in [-0.3, -0.25) is 4.79 Å². The topological polar surface area (TPSA) is 43.1 Å². The van der Waals surface area contributed by atoms with E-state index in [9.17, 15) is 22.4 Å². The fraction of sp³-hybridized carbons (Fsp3) is 0.222. The van der Waals surface area contributed by atoms with Crippen LogP contribution in [0.3, 0.4) is 0 Å². The Bertz CT molecular complexity index is 386. The summed E-state index contributed by atoms with van der Waals surface area (Å²) in [5.74, 6) is -2.28. The molecule has 15 heavy (non-hydrogen) atoms. The van der Waals surface area contributed by atoms with Crippen LogP contribution < -0.4 is 5.73 Å². The highest BCUT2D eigenvalue weighted by molar-refractivity contribution is 5.99. The quantitative estimate of drug-likeness (QED) is 0.613. The van der Waals surface area contributed by atoms with Crippen LogP contribution >= 0.6 is 0 Å². The van der Waals surface area contributed by atoms with Gasteiger partial charge in [0, 0.05) is 0 Å². The van der Waals surface area contributed by atoms with E-state index in [-0.39, 0.29) is 0 Å². The number of hydrogen-bond acceptors (Lipinski definition) is 2. The number of Topliss-reactive ketones (excluding diaryl/α,β-unsaturated/α-hetero) is 1. The fourth-order valence-electron chi connectivity index (χ4n) is 1.15. The Morgan fingerprint density at radius 1 is 1.33 bits per heavy atom. The largest absolute Gasteiger partial charge is 0.417 e. The molecule has 0 fully saturated rings. The van der Waals surface area contributed by atoms with Gasteiger partial charge in [-0.25, -0.2) is 4.39 Å². The highest BCUT2D eigenvalue weighted by atomic mass is 19.4. The first kappa shape index (κ1) is 11.6. The average Bonchev–Trinajstić information content (AvgIpc) is 2.15. The molecular formula is C9H7F4NO. The van der Waals surface area contributed by atoms with Gasteiger partial charge in [0.15, 0.2) is 5.78 Å². The van der Waals surface area contributed by atoms with Crippen LogP contribution in [-0.2, 0) is 6.18 Å². The third-order valence-corrected chi connectivity index (χ3v) is 1.78. The first-order valence-corrected chi connectivity index (χ1v) is 3.97. The molecule has 82 valence electrons. The minimum absolute atomic E-state index is 0.645. The van der Waals surface area contributed by atoms with Crippen LogP contribution in [0.4, 0.5) is 17.6 Å². The Morgan fingerprint density at radius 3 is 2.40 bits per heavy atom. The number of nitrogens with two attached hydrogens (primary N) is 1. The molecule has 0 radical (unpaired) electrons. The van der Waals surface area contributed by atoms with Crippen molar-refractivity contribution in [2.24, 2.45) is 5.73 Å². The molecule has 0 unspecified atom stereocenters. The van der Waals surface area contributed by atoms with Crippen molar-refractivity contribution < 1.29 is 22.4 Å². The molecule has 1 aromatic carbocycles. The van der Waals surface area contributed by atoms with Crippen LogP contribution in [0.25, 0.3) is 0 Å². The summed E-state index contributed by atoms with van der Waals surface area (Å²) < 4.78 is 50.1. The lowest BCUT2D eigenvalue weighted by molar-refractivity contribution is -0.138. The minimum Gasteiger partial charge on any atom is -0.324 e. The second kappa shape index (κ2) is 3.98. The van der Waals surface area contributed by atoms with Gasteiger partial charge in [-0.05, 0) is 12.1 Å². The molecule has 0 amide bonds. The summed E-state index contributed by atoms with van der Waals surface area (Å²) >= 11 is 0. The van der Waals surface area contributed by atoms with Gasteiger partial charge in [-0.1, -0.05) is 6.07 Å². The molecule has 0 aliphatic carbocycles. The van der Waals surface area contributed by atoms with Gasteiger partial charge in [0.05, 0.1) is 17.7 Å². The van der Waals surface area contributed by atoms with Crippen LogP contribution in [0.15, 0.2) is 18.2 Å². The molecular weight excluding hydrogens is 214 g/mol. The fourth-order valence-corrected chi connectivity index (χ4v) is 1.15. The molecule has 0 spiro atoms. The maximum absolute atomic E-state index is 13.0. The average molecular weight is 221 g/mol. The number of benzene rings is 1. The van der Waals surface area contributed by atoms with Crippen LogP contribution in [0.5, 0.6) is 0 Å². The van der Waals surface area contributed by atoms with E-state index < -0.39 is 35.4 Å². The maximum atomic E-state index is 13.0. The van der Waals surface area contributed by atoms with Crippen molar-refractivity contribution in [2.45, 2.75) is 6.18 Å². The van der Waals surface area contributed by atoms with Crippen LogP contribution in [0.2, 0.25) is 0 Å². The molecule has 0 bridgehead atoms. The molecule has 0 aliphatic rings. The van der Waals surface area contributed by atoms with Crippen molar-refractivity contribution in [3.8, 4) is 0 Å². The Balaban J connectivity index is 3.40. The molecule has 1 rings (SSSR count). The number of halogens is 4. The lowest BCUT2D eigenvalue weighted by atomic mass is 10.0. The normalized spacial score (nSPS) is 11.5. The van der Waals surface area contributed by atoms with Gasteiger partial charge in [-0.15, -0.1) is 0 Å². The van der Waals surface area contributed by atoms with Gasteiger partial charge < -0.3 is 5.73 Å². The summed E-state index contributed by atoms with van der Waals surface area (Å²) in [6.07, 6.45) is -4.76. The minimum atomic E-state index is -4.76. The lowest BCUT2D eigenvalue weighted by Gasteiger charge is -2.11. The molecule has 2 nitrogen and oxygen atoms in total. The summed E-state index contributed by atoms with van der Waals surface area (Å²) in [4.78, 5) is 11.0. The Kier molecular flexibility index (Phi) is 3.09. The summed E-state index contributed by atoms with van der Waals surface area (Å²) in [5.41, 5.74) is 2.61. The van der Waals surface area contributed by atoms with Crippen LogP contribution in [-0.4, -0.2) is 12.3 Å². The smallest absolute Gasteiger partial charge is 0.324 e. The Hall–Kier alpha value is -1.43. The van der Waals surface area contributed by atoms with Gasteiger partial charge >= 0.3 is 6.18 Å². The summed E-state index contributed by atoms with van der Waals surface area (Å²) in [6.45, 7) is -0.663. The van der Waals surface area contributed by atoms with E-state index in [1.165, 1.54) is 0 Å². The molecule has 0 saturated carbocycles. The van der Waals surface area contributed by atoms with E-state index in [0.29, 0.717) is 6.07 Å². The number of carbonyl (C=O) groups excluding carboxylic acids is 1. The molecule has 0 saturated heterocycles. The predicted molar refractivity (Wildman–Crippen MR) is 44.8 cm³/mol. The molecule has 6 heteroatoms. The Morgan fingerprint density at radius 2 is 1.93 bits per heavy atom. The third-order valence-electron chi connectivity index (χ3n) is 1.78. The first-order valence-electron chi connectivity index (χ1n) is 3.97. The molecule has 1 aromatic rings. The zero-order valence-electron chi connectivity index (χ0n) is 7.44. The second-order valence-corrected chi connectivity index (χ2v) is 2.79. The number of alkyl halides is 3. The highest BCUT2D eigenvalue weighted by Crippen LogP contribution is 2.33. The van der Waals surface area contributed by atoms with E-state index in [1.807, 2.05) is 0 Å². The van der Waals surface area contributed by atoms with Crippen LogP contribution in [0.1, 0.15) is 15.9 Å². The molecule has 0 heterocycles. The van der Waals surface area contributed by atoms with E-state index in [2.05, 4.69) is 0 Å². The van der Waals surface area contributed by atoms with Crippen molar-refractivity contribution in [1.82, 2.24) is 0 Å². The number of hydrogen-bond donors (Lipinski definition) is 1. The molecule has 0 aliphatic heterocycles. The van der Waals surface area contributed by atoms with Crippen LogP contribution in [0, 0.1) is 5.82 Å². The van der Waals surface area contributed by atoms with Crippen molar-refractivity contribution >= 4 is 5.78 Å². The van der Waals surface area contributed by atoms with Gasteiger partial charge in [0.2, 0.25) is 0 Å². The standard InChI is InChI=1S/C9H7F4NO/c10-6-3-1-2-5(9(11,12)13)8(6)7(15)4-14/h1-3H,4,14H2. The van der Waals surface area contributed by atoms with Gasteiger partial charge in [0.1, 0.15) is 5.82 Å². The second-order valence-electron chi connectivity index (χ2n) is 2.79. The zero-order valence-corrected chi connectivity index (χ0v) is 7.44. The van der Waals surface area contributed by atoms with Gasteiger partial charge in [0.25, 0.3) is 0 Å². The molecule has 0 atom stereocenters. The number of ketones is 1. The van der Waals surface area contributed by atoms with Crippen molar-refractivity contribution in [3.05, 3.63) is 35.1 Å². The third kappa shape index (κ3) is 2.33. The maximum Gasteiger partial charge on any atom is 0.417 e. The first-order chi connectivity index (χ1) is 6.88.